The highest BCUT2D eigenvalue weighted by atomic mass is 79.9. The second-order valence-corrected chi connectivity index (χ2v) is 2.79. The van der Waals surface area contributed by atoms with E-state index in [-0.39, 0.29) is 5.82 Å². The van der Waals surface area contributed by atoms with E-state index in [9.17, 15) is 4.39 Å². The predicted molar refractivity (Wildman–Crippen MR) is 48.4 cm³/mol. The van der Waals surface area contributed by atoms with Gasteiger partial charge < -0.3 is 5.21 Å². The molecule has 0 saturated carbocycles. The molecule has 1 aromatic rings. The predicted octanol–water partition coefficient (Wildman–Crippen LogP) is 2.53. The van der Waals surface area contributed by atoms with Gasteiger partial charge in [-0.2, -0.15) is 0 Å². The highest BCUT2D eigenvalue weighted by molar-refractivity contribution is 9.08. The lowest BCUT2D eigenvalue weighted by atomic mass is 10.1. The number of alkyl halides is 1. The zero-order valence-corrected chi connectivity index (χ0v) is 7.75. The van der Waals surface area contributed by atoms with E-state index in [0.717, 1.165) is 0 Å². The molecule has 0 amide bonds. The van der Waals surface area contributed by atoms with Crippen molar-refractivity contribution in [2.45, 2.75) is 5.33 Å². The first kappa shape index (κ1) is 9.19. The van der Waals surface area contributed by atoms with Gasteiger partial charge in [-0.15, -0.1) is 0 Å². The number of nitrogens with zero attached hydrogens (tertiary/aromatic N) is 1. The lowest BCUT2D eigenvalue weighted by molar-refractivity contribution is 0.322. The van der Waals surface area contributed by atoms with Crippen LogP contribution < -0.4 is 0 Å². The smallest absolute Gasteiger partial charge is 0.127 e. The first-order chi connectivity index (χ1) is 5.77. The van der Waals surface area contributed by atoms with Gasteiger partial charge in [0.15, 0.2) is 0 Å². The molecule has 0 bridgehead atoms. The highest BCUT2D eigenvalue weighted by Crippen LogP contribution is 2.12. The molecule has 12 heavy (non-hydrogen) atoms. The minimum atomic E-state index is -0.302. The van der Waals surface area contributed by atoms with Crippen molar-refractivity contribution in [3.05, 3.63) is 35.1 Å². The first-order valence-corrected chi connectivity index (χ1v) is 4.42. The summed E-state index contributed by atoms with van der Waals surface area (Å²) >= 11 is 3.15. The van der Waals surface area contributed by atoms with Crippen LogP contribution in [0.1, 0.15) is 11.1 Å². The molecule has 0 saturated heterocycles. The molecule has 4 heteroatoms. The highest BCUT2D eigenvalue weighted by Gasteiger charge is 2.00. The molecule has 0 aliphatic rings. The molecule has 0 aliphatic heterocycles. The lowest BCUT2D eigenvalue weighted by Gasteiger charge is -1.98. The van der Waals surface area contributed by atoms with Gasteiger partial charge in [0.05, 0.1) is 6.21 Å². The average Bonchev–Trinajstić information content (AvgIpc) is 2.05. The average molecular weight is 232 g/mol. The lowest BCUT2D eigenvalue weighted by Crippen LogP contribution is -1.89. The van der Waals surface area contributed by atoms with Gasteiger partial charge in [0.2, 0.25) is 0 Å². The van der Waals surface area contributed by atoms with Gasteiger partial charge in [0.25, 0.3) is 0 Å². The summed E-state index contributed by atoms with van der Waals surface area (Å²) in [5, 5.41) is 11.5. The number of hydrogen-bond acceptors (Lipinski definition) is 2. The zero-order chi connectivity index (χ0) is 8.97. The minimum Gasteiger partial charge on any atom is -0.411 e. The summed E-state index contributed by atoms with van der Waals surface area (Å²) in [5.74, 6) is -0.302. The maximum atomic E-state index is 13.0. The van der Waals surface area contributed by atoms with Crippen LogP contribution in [0.4, 0.5) is 4.39 Å². The van der Waals surface area contributed by atoms with Crippen LogP contribution in [0.3, 0.4) is 0 Å². The number of benzene rings is 1. The van der Waals surface area contributed by atoms with Gasteiger partial charge in [-0.1, -0.05) is 33.2 Å². The minimum absolute atomic E-state index is 0.302. The first-order valence-electron chi connectivity index (χ1n) is 3.29. The quantitative estimate of drug-likeness (QED) is 0.361. The maximum Gasteiger partial charge on any atom is 0.127 e. The molecular weight excluding hydrogens is 225 g/mol. The normalized spacial score (nSPS) is 10.8. The summed E-state index contributed by atoms with van der Waals surface area (Å²) in [6, 6.07) is 4.64. The summed E-state index contributed by atoms with van der Waals surface area (Å²) in [4.78, 5) is 0. The Bertz CT molecular complexity index is 301. The Morgan fingerprint density at radius 1 is 1.58 bits per heavy atom. The third-order valence-electron chi connectivity index (χ3n) is 1.43. The fraction of sp³-hybridized carbons (Fsp3) is 0.125. The van der Waals surface area contributed by atoms with Crippen LogP contribution in [-0.2, 0) is 5.33 Å². The number of rotatable bonds is 2. The molecule has 64 valence electrons. The SMILES string of the molecule is ON=Cc1ccc(CBr)c(F)c1. The van der Waals surface area contributed by atoms with E-state index in [1.54, 1.807) is 12.1 Å². The van der Waals surface area contributed by atoms with Gasteiger partial charge in [-0.3, -0.25) is 0 Å². The topological polar surface area (TPSA) is 32.6 Å². The molecule has 1 aromatic carbocycles. The zero-order valence-electron chi connectivity index (χ0n) is 6.17. The summed E-state index contributed by atoms with van der Waals surface area (Å²) < 4.78 is 13.0. The van der Waals surface area contributed by atoms with Crippen molar-refractivity contribution in [1.82, 2.24) is 0 Å². The molecule has 0 aliphatic carbocycles. The van der Waals surface area contributed by atoms with Crippen LogP contribution in [-0.4, -0.2) is 11.4 Å². The Morgan fingerprint density at radius 2 is 2.33 bits per heavy atom. The van der Waals surface area contributed by atoms with Gasteiger partial charge in [-0.05, 0) is 17.2 Å². The van der Waals surface area contributed by atoms with E-state index in [0.29, 0.717) is 16.5 Å². The molecule has 0 unspecified atom stereocenters. The number of hydrogen-bond donors (Lipinski definition) is 1. The van der Waals surface area contributed by atoms with E-state index in [4.69, 9.17) is 5.21 Å². The molecule has 1 rings (SSSR count). The Kier molecular flexibility index (Phi) is 3.22. The van der Waals surface area contributed by atoms with E-state index >= 15 is 0 Å². The monoisotopic (exact) mass is 231 g/mol. The number of oxime groups is 1. The van der Waals surface area contributed by atoms with Crippen molar-refractivity contribution in [2.75, 3.05) is 0 Å². The number of halogens is 2. The molecule has 1 N–H and O–H groups in total. The van der Waals surface area contributed by atoms with Crippen molar-refractivity contribution in [3.8, 4) is 0 Å². The van der Waals surface area contributed by atoms with Crippen LogP contribution in [0.2, 0.25) is 0 Å². The molecule has 0 heterocycles. The Balaban J connectivity index is 3.01. The maximum absolute atomic E-state index is 13.0. The van der Waals surface area contributed by atoms with E-state index < -0.39 is 0 Å². The van der Waals surface area contributed by atoms with Crippen LogP contribution in [0.5, 0.6) is 0 Å². The second kappa shape index (κ2) is 4.21. The van der Waals surface area contributed by atoms with Crippen LogP contribution >= 0.6 is 15.9 Å². The third kappa shape index (κ3) is 2.04. The summed E-state index contributed by atoms with van der Waals surface area (Å²) in [7, 11) is 0. The molecule has 0 fully saturated rings. The summed E-state index contributed by atoms with van der Waals surface area (Å²) in [6.07, 6.45) is 1.18. The second-order valence-electron chi connectivity index (χ2n) is 2.23. The van der Waals surface area contributed by atoms with Crippen LogP contribution in [0.25, 0.3) is 0 Å². The summed E-state index contributed by atoms with van der Waals surface area (Å²) in [6.45, 7) is 0. The fourth-order valence-corrected chi connectivity index (χ4v) is 1.27. The van der Waals surface area contributed by atoms with Gasteiger partial charge >= 0.3 is 0 Å². The van der Waals surface area contributed by atoms with Crippen molar-refractivity contribution in [1.29, 1.82) is 0 Å². The molecular formula is C8H7BrFNO. The van der Waals surface area contributed by atoms with Gasteiger partial charge in [-0.25, -0.2) is 4.39 Å². The molecule has 2 nitrogen and oxygen atoms in total. The van der Waals surface area contributed by atoms with Gasteiger partial charge in [0, 0.05) is 5.33 Å². The van der Waals surface area contributed by atoms with E-state index in [2.05, 4.69) is 21.1 Å². The largest absolute Gasteiger partial charge is 0.411 e. The fourth-order valence-electron chi connectivity index (χ4n) is 0.819. The Labute approximate surface area is 77.8 Å². The third-order valence-corrected chi connectivity index (χ3v) is 2.03. The molecule has 0 atom stereocenters. The molecule has 0 radical (unpaired) electrons. The van der Waals surface area contributed by atoms with Gasteiger partial charge in [0.1, 0.15) is 5.82 Å². The standard InChI is InChI=1S/C8H7BrFNO/c9-4-7-2-1-6(5-11-12)3-8(7)10/h1-3,5,12H,4H2. The Hall–Kier alpha value is -0.900. The summed E-state index contributed by atoms with van der Waals surface area (Å²) in [5.41, 5.74) is 1.13. The van der Waals surface area contributed by atoms with Crippen LogP contribution in [0, 0.1) is 5.82 Å². The van der Waals surface area contributed by atoms with Crippen molar-refractivity contribution in [2.24, 2.45) is 5.16 Å². The Morgan fingerprint density at radius 3 is 2.83 bits per heavy atom. The molecule has 0 aromatic heterocycles. The molecule has 0 spiro atoms. The van der Waals surface area contributed by atoms with E-state index in [1.165, 1.54) is 12.3 Å². The van der Waals surface area contributed by atoms with Crippen molar-refractivity contribution in [3.63, 3.8) is 0 Å². The van der Waals surface area contributed by atoms with Crippen molar-refractivity contribution < 1.29 is 9.60 Å². The van der Waals surface area contributed by atoms with Crippen LogP contribution in [0.15, 0.2) is 23.4 Å². The van der Waals surface area contributed by atoms with E-state index in [1.807, 2.05) is 0 Å². The van der Waals surface area contributed by atoms with Crippen molar-refractivity contribution >= 4 is 22.1 Å².